The molecule has 1 aliphatic carbocycles. The van der Waals surface area contributed by atoms with Crippen molar-refractivity contribution >= 4 is 23.6 Å². The molecule has 0 unspecified atom stereocenters. The van der Waals surface area contributed by atoms with Crippen LogP contribution in [0.15, 0.2) is 4.52 Å². The van der Waals surface area contributed by atoms with Crippen molar-refractivity contribution in [1.82, 2.24) is 10.5 Å². The predicted octanol–water partition coefficient (Wildman–Crippen LogP) is 2.43. The molecule has 0 radical (unpaired) electrons. The summed E-state index contributed by atoms with van der Waals surface area (Å²) >= 11 is 1.49. The lowest BCUT2D eigenvalue weighted by molar-refractivity contribution is -0.139. The SMILES string of the molecule is Cc1noc(C)c1CSCC(=O)NC1(CC(=O)O)CCCC1. The summed E-state index contributed by atoms with van der Waals surface area (Å²) < 4.78 is 5.09. The molecule has 0 spiro atoms. The molecule has 0 saturated heterocycles. The number of hydrogen-bond donors (Lipinski definition) is 2. The fourth-order valence-electron chi connectivity index (χ4n) is 2.97. The molecule has 6 nitrogen and oxygen atoms in total. The molecule has 7 heteroatoms. The van der Waals surface area contributed by atoms with Gasteiger partial charge in [0.1, 0.15) is 5.76 Å². The van der Waals surface area contributed by atoms with Gasteiger partial charge in [0.25, 0.3) is 0 Å². The molecule has 1 saturated carbocycles. The van der Waals surface area contributed by atoms with Gasteiger partial charge in [0.05, 0.1) is 23.4 Å². The lowest BCUT2D eigenvalue weighted by atomic mass is 9.93. The van der Waals surface area contributed by atoms with Gasteiger partial charge < -0.3 is 14.9 Å². The first-order valence-electron chi connectivity index (χ1n) is 7.44. The van der Waals surface area contributed by atoms with Crippen LogP contribution in [-0.4, -0.2) is 33.4 Å². The number of nitrogens with zero attached hydrogens (tertiary/aromatic N) is 1. The normalized spacial score (nSPS) is 16.6. The van der Waals surface area contributed by atoms with E-state index in [1.54, 1.807) is 0 Å². The van der Waals surface area contributed by atoms with Gasteiger partial charge in [-0.15, -0.1) is 11.8 Å². The van der Waals surface area contributed by atoms with Crippen molar-refractivity contribution in [1.29, 1.82) is 0 Å². The fraction of sp³-hybridized carbons (Fsp3) is 0.667. The number of aliphatic carboxylic acids is 1. The van der Waals surface area contributed by atoms with Crippen LogP contribution in [0.3, 0.4) is 0 Å². The number of nitrogens with one attached hydrogen (secondary N) is 1. The number of carbonyl (C=O) groups excluding carboxylic acids is 1. The molecule has 2 rings (SSSR count). The summed E-state index contributed by atoms with van der Waals surface area (Å²) in [5.41, 5.74) is 1.33. The maximum absolute atomic E-state index is 12.1. The van der Waals surface area contributed by atoms with Gasteiger partial charge in [-0.1, -0.05) is 18.0 Å². The van der Waals surface area contributed by atoms with Crippen molar-refractivity contribution in [3.05, 3.63) is 17.0 Å². The van der Waals surface area contributed by atoms with Crippen LogP contribution in [0.2, 0.25) is 0 Å². The van der Waals surface area contributed by atoms with Crippen LogP contribution in [0, 0.1) is 13.8 Å². The fourth-order valence-corrected chi connectivity index (χ4v) is 3.95. The smallest absolute Gasteiger partial charge is 0.305 e. The molecule has 2 N–H and O–H groups in total. The van der Waals surface area contributed by atoms with E-state index in [1.807, 2.05) is 13.8 Å². The molecule has 0 aliphatic heterocycles. The summed E-state index contributed by atoms with van der Waals surface area (Å²) in [6.07, 6.45) is 3.45. The Morgan fingerprint density at radius 2 is 2.05 bits per heavy atom. The Hall–Kier alpha value is -1.50. The van der Waals surface area contributed by atoms with Crippen LogP contribution in [-0.2, 0) is 15.3 Å². The minimum Gasteiger partial charge on any atom is -0.481 e. The van der Waals surface area contributed by atoms with Crippen molar-refractivity contribution in [3.8, 4) is 0 Å². The second kappa shape index (κ2) is 7.17. The van der Waals surface area contributed by atoms with Crippen molar-refractivity contribution in [2.24, 2.45) is 0 Å². The van der Waals surface area contributed by atoms with Gasteiger partial charge in [-0.3, -0.25) is 9.59 Å². The van der Waals surface area contributed by atoms with Crippen LogP contribution in [0.5, 0.6) is 0 Å². The number of rotatable bonds is 7. The molecular formula is C15H22N2O4S. The Balaban J connectivity index is 1.83. The van der Waals surface area contributed by atoms with E-state index in [4.69, 9.17) is 9.63 Å². The zero-order chi connectivity index (χ0) is 16.2. The lowest BCUT2D eigenvalue weighted by Gasteiger charge is -2.28. The monoisotopic (exact) mass is 326 g/mol. The van der Waals surface area contributed by atoms with E-state index in [0.29, 0.717) is 11.5 Å². The lowest BCUT2D eigenvalue weighted by Crippen LogP contribution is -2.48. The molecule has 1 aromatic heterocycles. The molecule has 22 heavy (non-hydrogen) atoms. The van der Waals surface area contributed by atoms with E-state index in [1.165, 1.54) is 11.8 Å². The third-order valence-electron chi connectivity index (χ3n) is 4.12. The highest BCUT2D eigenvalue weighted by Crippen LogP contribution is 2.32. The molecule has 0 aromatic carbocycles. The molecule has 1 fully saturated rings. The Morgan fingerprint density at radius 1 is 1.36 bits per heavy atom. The average Bonchev–Trinajstić information content (AvgIpc) is 2.99. The number of hydrogen-bond acceptors (Lipinski definition) is 5. The molecule has 0 atom stereocenters. The van der Waals surface area contributed by atoms with Gasteiger partial charge in [-0.25, -0.2) is 0 Å². The van der Waals surface area contributed by atoms with Crippen molar-refractivity contribution in [2.45, 2.75) is 57.2 Å². The Morgan fingerprint density at radius 3 is 2.59 bits per heavy atom. The van der Waals surface area contributed by atoms with Crippen molar-refractivity contribution in [2.75, 3.05) is 5.75 Å². The highest BCUT2D eigenvalue weighted by atomic mass is 32.2. The molecule has 0 bridgehead atoms. The van der Waals surface area contributed by atoms with Crippen LogP contribution in [0.25, 0.3) is 0 Å². The number of carboxylic acids is 1. The molecule has 1 amide bonds. The number of thioether (sulfide) groups is 1. The van der Waals surface area contributed by atoms with E-state index in [9.17, 15) is 9.59 Å². The van der Waals surface area contributed by atoms with Gasteiger partial charge in [0.15, 0.2) is 0 Å². The van der Waals surface area contributed by atoms with Crippen LogP contribution in [0.1, 0.15) is 49.1 Å². The van der Waals surface area contributed by atoms with Gasteiger partial charge in [0.2, 0.25) is 5.91 Å². The van der Waals surface area contributed by atoms with Gasteiger partial charge in [-0.05, 0) is 26.7 Å². The second-order valence-electron chi connectivity index (χ2n) is 5.90. The second-order valence-corrected chi connectivity index (χ2v) is 6.89. The first-order chi connectivity index (χ1) is 10.4. The topological polar surface area (TPSA) is 92.4 Å². The number of carboxylic acid groups (broad SMARTS) is 1. The first kappa shape index (κ1) is 16.9. The molecule has 122 valence electrons. The zero-order valence-corrected chi connectivity index (χ0v) is 13.8. The largest absolute Gasteiger partial charge is 0.481 e. The van der Waals surface area contributed by atoms with Gasteiger partial charge >= 0.3 is 5.97 Å². The minimum atomic E-state index is -0.856. The maximum atomic E-state index is 12.1. The Kier molecular flexibility index (Phi) is 5.50. The van der Waals surface area contributed by atoms with E-state index >= 15 is 0 Å². The number of amides is 1. The van der Waals surface area contributed by atoms with Gasteiger partial charge in [-0.2, -0.15) is 0 Å². The van der Waals surface area contributed by atoms with Crippen LogP contribution < -0.4 is 5.32 Å². The molecule has 1 aromatic rings. The maximum Gasteiger partial charge on any atom is 0.305 e. The quantitative estimate of drug-likeness (QED) is 0.799. The number of aryl methyl sites for hydroxylation is 2. The van der Waals surface area contributed by atoms with E-state index in [2.05, 4.69) is 10.5 Å². The minimum absolute atomic E-state index is 0.00722. The van der Waals surface area contributed by atoms with E-state index < -0.39 is 11.5 Å². The van der Waals surface area contributed by atoms with Crippen LogP contribution >= 0.6 is 11.8 Å². The number of aromatic nitrogens is 1. The molecular weight excluding hydrogens is 304 g/mol. The Bertz CT molecular complexity index is 530. The van der Waals surface area contributed by atoms with Crippen LogP contribution in [0.4, 0.5) is 0 Å². The Labute approximate surface area is 134 Å². The summed E-state index contributed by atoms with van der Waals surface area (Å²) in [6, 6.07) is 0. The standard InChI is InChI=1S/C15H22N2O4S/c1-10-12(11(2)21-17-10)8-22-9-13(18)16-15(7-14(19)20)5-3-4-6-15/h3-9H2,1-2H3,(H,16,18)(H,19,20). The number of carbonyl (C=O) groups is 2. The summed E-state index contributed by atoms with van der Waals surface area (Å²) in [6.45, 7) is 3.74. The zero-order valence-electron chi connectivity index (χ0n) is 13.0. The summed E-state index contributed by atoms with van der Waals surface area (Å²) in [7, 11) is 0. The predicted molar refractivity (Wildman–Crippen MR) is 83.7 cm³/mol. The molecule has 1 aliphatic rings. The summed E-state index contributed by atoms with van der Waals surface area (Å²) in [5.74, 6) is 0.806. The summed E-state index contributed by atoms with van der Waals surface area (Å²) in [5, 5.41) is 15.9. The summed E-state index contributed by atoms with van der Waals surface area (Å²) in [4.78, 5) is 23.1. The highest BCUT2D eigenvalue weighted by molar-refractivity contribution is 7.99. The van der Waals surface area contributed by atoms with E-state index in [0.717, 1.165) is 42.7 Å². The highest BCUT2D eigenvalue weighted by Gasteiger charge is 2.37. The van der Waals surface area contributed by atoms with E-state index in [-0.39, 0.29) is 12.3 Å². The van der Waals surface area contributed by atoms with Crippen molar-refractivity contribution in [3.63, 3.8) is 0 Å². The third-order valence-corrected chi connectivity index (χ3v) is 5.07. The van der Waals surface area contributed by atoms with Crippen molar-refractivity contribution < 1.29 is 19.2 Å². The average molecular weight is 326 g/mol. The molecule has 1 heterocycles. The third kappa shape index (κ3) is 4.25. The van der Waals surface area contributed by atoms with Gasteiger partial charge in [0, 0.05) is 11.3 Å². The first-order valence-corrected chi connectivity index (χ1v) is 8.60.